The summed E-state index contributed by atoms with van der Waals surface area (Å²) in [5, 5.41) is 6.34. The Morgan fingerprint density at radius 2 is 1.83 bits per heavy atom. The molecular formula is C21H25N3O5S. The summed E-state index contributed by atoms with van der Waals surface area (Å²) in [4.78, 5) is 23.9. The Balaban J connectivity index is 1.93. The first-order chi connectivity index (χ1) is 14.3. The Bertz CT molecular complexity index is 991. The van der Waals surface area contributed by atoms with Gasteiger partial charge in [0.1, 0.15) is 12.3 Å². The predicted molar refractivity (Wildman–Crippen MR) is 116 cm³/mol. The van der Waals surface area contributed by atoms with E-state index in [0.717, 1.165) is 21.7 Å². The molecule has 8 nitrogen and oxygen atoms in total. The first-order valence-corrected chi connectivity index (χ1v) is 10.9. The molecule has 2 N–H and O–H groups in total. The minimum atomic E-state index is -3.79. The molecule has 2 amide bonds. The van der Waals surface area contributed by atoms with Crippen LogP contribution in [0.3, 0.4) is 0 Å². The third kappa shape index (κ3) is 7.69. The average Bonchev–Trinajstić information content (AvgIpc) is 2.71. The maximum atomic E-state index is 12.3. The number of amides is 2. The molecule has 9 heteroatoms. The zero-order valence-corrected chi connectivity index (χ0v) is 17.7. The number of hydrogen-bond donors (Lipinski definition) is 2. The van der Waals surface area contributed by atoms with Crippen molar-refractivity contribution in [2.75, 3.05) is 25.5 Å². The number of carbonyl (C=O) groups excluding carboxylic acids is 2. The third-order valence-corrected chi connectivity index (χ3v) is 5.36. The van der Waals surface area contributed by atoms with E-state index < -0.39 is 22.5 Å². The first-order valence-electron chi connectivity index (χ1n) is 9.35. The van der Waals surface area contributed by atoms with Gasteiger partial charge in [0.15, 0.2) is 0 Å². The van der Waals surface area contributed by atoms with Crippen molar-refractivity contribution in [3.63, 3.8) is 0 Å². The van der Waals surface area contributed by atoms with E-state index in [1.807, 2.05) is 13.0 Å². The number of benzene rings is 2. The maximum absolute atomic E-state index is 12.3. The summed E-state index contributed by atoms with van der Waals surface area (Å²) in [5.41, 5.74) is 1.17. The highest BCUT2D eigenvalue weighted by Crippen LogP contribution is 2.18. The maximum Gasteiger partial charge on any atom is 0.326 e. The molecule has 0 saturated carbocycles. The van der Waals surface area contributed by atoms with Gasteiger partial charge in [-0.25, -0.2) is 13.2 Å². The van der Waals surface area contributed by atoms with E-state index in [-0.39, 0.29) is 11.8 Å². The van der Waals surface area contributed by atoms with Crippen molar-refractivity contribution in [2.24, 2.45) is 0 Å². The second kappa shape index (κ2) is 11.1. The van der Waals surface area contributed by atoms with Crippen LogP contribution in [0.2, 0.25) is 0 Å². The van der Waals surface area contributed by atoms with Gasteiger partial charge >= 0.3 is 12.0 Å². The number of esters is 1. The summed E-state index contributed by atoms with van der Waals surface area (Å²) in [6, 6.07) is 14.9. The molecule has 0 aliphatic rings. The molecule has 0 aliphatic heterocycles. The molecule has 0 spiro atoms. The van der Waals surface area contributed by atoms with E-state index in [1.165, 1.54) is 25.3 Å². The van der Waals surface area contributed by atoms with Crippen molar-refractivity contribution in [3.8, 4) is 5.75 Å². The second-order valence-corrected chi connectivity index (χ2v) is 8.32. The molecule has 0 heterocycles. The van der Waals surface area contributed by atoms with E-state index in [1.54, 1.807) is 36.4 Å². The zero-order chi connectivity index (χ0) is 22.0. The zero-order valence-electron chi connectivity index (χ0n) is 16.9. The highest BCUT2D eigenvalue weighted by molar-refractivity contribution is 7.92. The van der Waals surface area contributed by atoms with Crippen LogP contribution in [0.1, 0.15) is 18.9 Å². The monoisotopic (exact) mass is 431 g/mol. The molecule has 0 radical (unpaired) electrons. The number of nitrogens with one attached hydrogen (secondary N) is 2. The van der Waals surface area contributed by atoms with Gasteiger partial charge < -0.3 is 15.4 Å². The van der Waals surface area contributed by atoms with Crippen LogP contribution >= 0.6 is 0 Å². The lowest BCUT2D eigenvalue weighted by atomic mass is 10.2. The van der Waals surface area contributed by atoms with Crippen molar-refractivity contribution < 1.29 is 22.7 Å². The van der Waals surface area contributed by atoms with Crippen LogP contribution in [0.4, 0.5) is 10.5 Å². The Morgan fingerprint density at radius 1 is 1.10 bits per heavy atom. The Morgan fingerprint density at radius 3 is 2.53 bits per heavy atom. The van der Waals surface area contributed by atoms with Gasteiger partial charge in [0, 0.05) is 30.8 Å². The number of ether oxygens (including phenoxy) is 1. The summed E-state index contributed by atoms with van der Waals surface area (Å²) in [6.07, 6.45) is 2.26. The smallest absolute Gasteiger partial charge is 0.326 e. The van der Waals surface area contributed by atoms with Crippen LogP contribution in [0.25, 0.3) is 6.08 Å². The van der Waals surface area contributed by atoms with Gasteiger partial charge in [0.05, 0.1) is 0 Å². The lowest BCUT2D eigenvalue weighted by Crippen LogP contribution is -2.33. The average molecular weight is 432 g/mol. The fourth-order valence-corrected chi connectivity index (χ4v) is 3.14. The number of carbonyl (C=O) groups is 2. The molecular weight excluding hydrogens is 406 g/mol. The lowest BCUT2D eigenvalue weighted by Gasteiger charge is -2.14. The minimum absolute atomic E-state index is 0.193. The SMILES string of the molecule is CCCNC(=O)Nc1cccc(OC(=O)CN(C)S(=O)(=O)C=Cc2ccccc2)c1. The number of anilines is 1. The molecule has 160 valence electrons. The minimum Gasteiger partial charge on any atom is -0.425 e. The molecule has 0 fully saturated rings. The normalized spacial score (nSPS) is 11.4. The largest absolute Gasteiger partial charge is 0.425 e. The summed E-state index contributed by atoms with van der Waals surface area (Å²) in [7, 11) is -2.50. The summed E-state index contributed by atoms with van der Waals surface area (Å²) >= 11 is 0. The second-order valence-electron chi connectivity index (χ2n) is 6.40. The highest BCUT2D eigenvalue weighted by Gasteiger charge is 2.19. The highest BCUT2D eigenvalue weighted by atomic mass is 32.2. The molecule has 0 aliphatic carbocycles. The molecule has 30 heavy (non-hydrogen) atoms. The number of urea groups is 1. The van der Waals surface area contributed by atoms with Crippen molar-refractivity contribution in [1.29, 1.82) is 0 Å². The van der Waals surface area contributed by atoms with Crippen LogP contribution in [-0.4, -0.2) is 44.9 Å². The van der Waals surface area contributed by atoms with Crippen LogP contribution in [-0.2, 0) is 14.8 Å². The standard InChI is InChI=1S/C21H25N3O5S/c1-3-13-22-21(26)23-18-10-7-11-19(15-18)29-20(25)16-24(2)30(27,28)14-12-17-8-5-4-6-9-17/h4-12,14-15H,3,13,16H2,1-2H3,(H2,22,23,26). The van der Waals surface area contributed by atoms with Gasteiger partial charge in [-0.2, -0.15) is 4.31 Å². The van der Waals surface area contributed by atoms with E-state index >= 15 is 0 Å². The van der Waals surface area contributed by atoms with E-state index in [4.69, 9.17) is 4.74 Å². The van der Waals surface area contributed by atoms with Crippen molar-refractivity contribution in [3.05, 3.63) is 65.6 Å². The van der Waals surface area contributed by atoms with Gasteiger partial charge in [-0.15, -0.1) is 0 Å². The lowest BCUT2D eigenvalue weighted by molar-refractivity contribution is -0.134. The van der Waals surface area contributed by atoms with Gasteiger partial charge in [-0.3, -0.25) is 4.79 Å². The molecule has 0 bridgehead atoms. The number of sulfonamides is 1. The Labute approximate surface area is 176 Å². The fourth-order valence-electron chi connectivity index (χ4n) is 2.32. The Kier molecular flexibility index (Phi) is 8.57. The van der Waals surface area contributed by atoms with Gasteiger partial charge in [-0.05, 0) is 30.2 Å². The summed E-state index contributed by atoms with van der Waals surface area (Å²) in [5.74, 6) is -0.555. The van der Waals surface area contributed by atoms with Crippen molar-refractivity contribution in [1.82, 2.24) is 9.62 Å². The van der Waals surface area contributed by atoms with Gasteiger partial charge in [0.2, 0.25) is 10.0 Å². The quantitative estimate of drug-likeness (QED) is 0.469. The Hall–Kier alpha value is -3.17. The van der Waals surface area contributed by atoms with Crippen molar-refractivity contribution >= 4 is 33.8 Å². The van der Waals surface area contributed by atoms with Crippen LogP contribution < -0.4 is 15.4 Å². The number of hydrogen-bond acceptors (Lipinski definition) is 5. The topological polar surface area (TPSA) is 105 Å². The van der Waals surface area contributed by atoms with E-state index in [0.29, 0.717) is 12.2 Å². The molecule has 2 rings (SSSR count). The summed E-state index contributed by atoms with van der Waals surface area (Å²) < 4.78 is 30.8. The molecule has 0 unspecified atom stereocenters. The molecule has 0 atom stereocenters. The first kappa shape index (κ1) is 23.1. The molecule has 0 aromatic heterocycles. The molecule has 2 aromatic carbocycles. The number of likely N-dealkylation sites (N-methyl/N-ethyl adjacent to an activating group) is 1. The fraction of sp³-hybridized carbons (Fsp3) is 0.238. The number of nitrogens with zero attached hydrogens (tertiary/aromatic N) is 1. The van der Waals surface area contributed by atoms with Crippen LogP contribution in [0.15, 0.2) is 60.0 Å². The van der Waals surface area contributed by atoms with Gasteiger partial charge in [0.25, 0.3) is 0 Å². The van der Waals surface area contributed by atoms with Crippen molar-refractivity contribution in [2.45, 2.75) is 13.3 Å². The third-order valence-electron chi connectivity index (χ3n) is 3.88. The molecule has 0 saturated heterocycles. The van der Waals surface area contributed by atoms with E-state index in [2.05, 4.69) is 10.6 Å². The number of rotatable bonds is 9. The molecule has 2 aromatic rings. The predicted octanol–water partition coefficient (Wildman–Crippen LogP) is 3.06. The van der Waals surface area contributed by atoms with E-state index in [9.17, 15) is 18.0 Å². The summed E-state index contributed by atoms with van der Waals surface area (Å²) in [6.45, 7) is 2.02. The van der Waals surface area contributed by atoms with Gasteiger partial charge in [-0.1, -0.05) is 43.3 Å². The van der Waals surface area contributed by atoms with Crippen LogP contribution in [0, 0.1) is 0 Å². The van der Waals surface area contributed by atoms with Crippen LogP contribution in [0.5, 0.6) is 5.75 Å².